The number of aliphatic carboxylic acids is 1. The predicted octanol–water partition coefficient (Wildman–Crippen LogP) is 3.48. The first-order valence-corrected chi connectivity index (χ1v) is 7.25. The molecule has 2 rings (SSSR count). The molecule has 1 aromatic carbocycles. The second-order valence-corrected chi connectivity index (χ2v) is 5.65. The van der Waals surface area contributed by atoms with Gasteiger partial charge in [-0.05, 0) is 56.5 Å². The third-order valence-electron chi connectivity index (χ3n) is 3.58. The average Bonchev–Trinajstić information content (AvgIpc) is 2.81. The molecule has 5 heteroatoms. The van der Waals surface area contributed by atoms with Crippen LogP contribution in [0.25, 0.3) is 0 Å². The predicted molar refractivity (Wildman–Crippen MR) is 77.0 cm³/mol. The van der Waals surface area contributed by atoms with Crippen molar-refractivity contribution < 1.29 is 9.90 Å². The quantitative estimate of drug-likeness (QED) is 0.905. The Labute approximate surface area is 123 Å². The Balaban J connectivity index is 1.88. The largest absolute Gasteiger partial charge is 0.480 e. The van der Waals surface area contributed by atoms with Gasteiger partial charge in [0, 0.05) is 10.0 Å². The number of hydrogen-bond donors (Lipinski definition) is 1. The van der Waals surface area contributed by atoms with E-state index >= 15 is 0 Å². The molecule has 0 unspecified atom stereocenters. The summed E-state index contributed by atoms with van der Waals surface area (Å²) in [6, 6.07) is 5.17. The molecule has 1 heterocycles. The lowest BCUT2D eigenvalue weighted by Crippen LogP contribution is -2.36. The number of nitrogens with zero attached hydrogens (tertiary/aromatic N) is 1. The van der Waals surface area contributed by atoms with Crippen LogP contribution in [0.2, 0.25) is 10.0 Å². The van der Waals surface area contributed by atoms with Gasteiger partial charge >= 0.3 is 5.97 Å². The highest BCUT2D eigenvalue weighted by Crippen LogP contribution is 2.26. The first-order valence-electron chi connectivity index (χ1n) is 6.49. The van der Waals surface area contributed by atoms with Gasteiger partial charge in [-0.3, -0.25) is 9.69 Å². The summed E-state index contributed by atoms with van der Waals surface area (Å²) in [5, 5.41) is 10.5. The van der Waals surface area contributed by atoms with Crippen LogP contribution in [-0.4, -0.2) is 35.1 Å². The van der Waals surface area contributed by atoms with Crippen LogP contribution < -0.4 is 0 Å². The lowest BCUT2D eigenvalue weighted by atomic mass is 10.1. The minimum atomic E-state index is -0.715. The molecule has 1 atom stereocenters. The topological polar surface area (TPSA) is 40.5 Å². The number of hydrogen-bond acceptors (Lipinski definition) is 2. The van der Waals surface area contributed by atoms with E-state index in [1.54, 1.807) is 0 Å². The van der Waals surface area contributed by atoms with Gasteiger partial charge in [-0.15, -0.1) is 0 Å². The van der Waals surface area contributed by atoms with Crippen molar-refractivity contribution in [2.24, 2.45) is 0 Å². The van der Waals surface area contributed by atoms with Gasteiger partial charge in [-0.2, -0.15) is 0 Å². The second-order valence-electron chi connectivity index (χ2n) is 4.84. The van der Waals surface area contributed by atoms with Crippen LogP contribution in [0.5, 0.6) is 0 Å². The van der Waals surface area contributed by atoms with E-state index in [-0.39, 0.29) is 6.04 Å². The van der Waals surface area contributed by atoms with Crippen molar-refractivity contribution in [3.63, 3.8) is 0 Å². The highest BCUT2D eigenvalue weighted by molar-refractivity contribution is 6.35. The third kappa shape index (κ3) is 3.62. The maximum atomic E-state index is 11.1. The van der Waals surface area contributed by atoms with E-state index in [1.807, 2.05) is 23.1 Å². The lowest BCUT2D eigenvalue weighted by Gasteiger charge is -2.20. The summed E-state index contributed by atoms with van der Waals surface area (Å²) in [6.45, 7) is 1.64. The van der Waals surface area contributed by atoms with Gasteiger partial charge < -0.3 is 5.11 Å². The molecule has 0 spiro atoms. The molecule has 0 aliphatic carbocycles. The number of benzene rings is 1. The third-order valence-corrected chi connectivity index (χ3v) is 4.29. The van der Waals surface area contributed by atoms with Gasteiger partial charge in [-0.1, -0.05) is 29.3 Å². The normalized spacial score (nSPS) is 19.8. The molecule has 1 aliphatic heterocycles. The molecule has 104 valence electrons. The maximum Gasteiger partial charge on any atom is 0.320 e. The van der Waals surface area contributed by atoms with Gasteiger partial charge in [0.05, 0.1) is 0 Å². The Hall–Kier alpha value is -0.770. The molecule has 0 saturated carbocycles. The van der Waals surface area contributed by atoms with Crippen molar-refractivity contribution in [1.29, 1.82) is 0 Å². The Bertz CT molecular complexity index is 445. The number of carboxylic acids is 1. The zero-order chi connectivity index (χ0) is 13.8. The SMILES string of the molecule is O=C(O)[C@@H]1CCCN1CCCc1c(Cl)cccc1Cl. The van der Waals surface area contributed by atoms with Gasteiger partial charge in [-0.25, -0.2) is 0 Å². The smallest absolute Gasteiger partial charge is 0.320 e. The van der Waals surface area contributed by atoms with Gasteiger partial charge in [0.15, 0.2) is 0 Å². The highest BCUT2D eigenvalue weighted by atomic mass is 35.5. The molecule has 0 aromatic heterocycles. The summed E-state index contributed by atoms with van der Waals surface area (Å²) < 4.78 is 0. The number of rotatable bonds is 5. The average molecular weight is 302 g/mol. The van der Waals surface area contributed by atoms with Crippen molar-refractivity contribution in [2.75, 3.05) is 13.1 Å². The van der Waals surface area contributed by atoms with E-state index in [2.05, 4.69) is 0 Å². The van der Waals surface area contributed by atoms with E-state index in [1.165, 1.54) is 0 Å². The summed E-state index contributed by atoms with van der Waals surface area (Å²) in [6.07, 6.45) is 3.36. The monoisotopic (exact) mass is 301 g/mol. The van der Waals surface area contributed by atoms with E-state index in [4.69, 9.17) is 28.3 Å². The van der Waals surface area contributed by atoms with Crippen molar-refractivity contribution in [3.8, 4) is 0 Å². The molecule has 19 heavy (non-hydrogen) atoms. The number of halogens is 2. The van der Waals surface area contributed by atoms with Crippen LogP contribution in [0.3, 0.4) is 0 Å². The molecule has 0 radical (unpaired) electrons. The maximum absolute atomic E-state index is 11.1. The van der Waals surface area contributed by atoms with Crippen molar-refractivity contribution in [1.82, 2.24) is 4.90 Å². The summed E-state index contributed by atoms with van der Waals surface area (Å²) in [7, 11) is 0. The molecule has 0 bridgehead atoms. The van der Waals surface area contributed by atoms with Gasteiger partial charge in [0.1, 0.15) is 6.04 Å². The molecule has 1 saturated heterocycles. The molecule has 1 aliphatic rings. The Morgan fingerprint density at radius 1 is 1.37 bits per heavy atom. The fraction of sp³-hybridized carbons (Fsp3) is 0.500. The Morgan fingerprint density at radius 3 is 2.68 bits per heavy atom. The van der Waals surface area contributed by atoms with E-state index in [0.29, 0.717) is 10.0 Å². The summed E-state index contributed by atoms with van der Waals surface area (Å²) >= 11 is 12.2. The second kappa shape index (κ2) is 6.60. The van der Waals surface area contributed by atoms with Crippen LogP contribution in [0.4, 0.5) is 0 Å². The van der Waals surface area contributed by atoms with Crippen LogP contribution in [-0.2, 0) is 11.2 Å². The molecule has 1 fully saturated rings. The first-order chi connectivity index (χ1) is 9.09. The molecule has 1 N–H and O–H groups in total. The van der Waals surface area contributed by atoms with Crippen molar-refractivity contribution in [3.05, 3.63) is 33.8 Å². The van der Waals surface area contributed by atoms with E-state index in [9.17, 15) is 4.79 Å². The van der Waals surface area contributed by atoms with Crippen LogP contribution in [0, 0.1) is 0 Å². The van der Waals surface area contributed by atoms with Gasteiger partial charge in [0.2, 0.25) is 0 Å². The van der Waals surface area contributed by atoms with Crippen LogP contribution >= 0.6 is 23.2 Å². The standard InChI is InChI=1S/C14H17Cl2NO2/c15-11-5-1-6-12(16)10(11)4-2-8-17-9-3-7-13(17)14(18)19/h1,5-6,13H,2-4,7-9H2,(H,18,19)/t13-/m0/s1. The van der Waals surface area contributed by atoms with Crippen LogP contribution in [0.1, 0.15) is 24.8 Å². The molecular weight excluding hydrogens is 285 g/mol. The summed E-state index contributed by atoms with van der Waals surface area (Å²) in [4.78, 5) is 13.1. The number of carbonyl (C=O) groups is 1. The minimum absolute atomic E-state index is 0.318. The zero-order valence-electron chi connectivity index (χ0n) is 10.6. The number of likely N-dealkylation sites (tertiary alicyclic amines) is 1. The fourth-order valence-corrected chi connectivity index (χ4v) is 3.19. The molecule has 3 nitrogen and oxygen atoms in total. The van der Waals surface area contributed by atoms with E-state index in [0.717, 1.165) is 44.3 Å². The Kier molecular flexibility index (Phi) is 5.08. The molecule has 1 aromatic rings. The van der Waals surface area contributed by atoms with Crippen molar-refractivity contribution >= 4 is 29.2 Å². The summed E-state index contributed by atoms with van der Waals surface area (Å²) in [5.74, 6) is -0.715. The first kappa shape index (κ1) is 14.6. The molecular formula is C14H17Cl2NO2. The Morgan fingerprint density at radius 2 is 2.05 bits per heavy atom. The zero-order valence-corrected chi connectivity index (χ0v) is 12.1. The van der Waals surface area contributed by atoms with Crippen LogP contribution in [0.15, 0.2) is 18.2 Å². The number of carboxylic acid groups (broad SMARTS) is 1. The fourth-order valence-electron chi connectivity index (χ4n) is 2.60. The van der Waals surface area contributed by atoms with Crippen molar-refractivity contribution in [2.45, 2.75) is 31.7 Å². The van der Waals surface area contributed by atoms with E-state index < -0.39 is 5.97 Å². The summed E-state index contributed by atoms with van der Waals surface area (Å²) in [5.41, 5.74) is 0.955. The van der Waals surface area contributed by atoms with Gasteiger partial charge in [0.25, 0.3) is 0 Å². The highest BCUT2D eigenvalue weighted by Gasteiger charge is 2.29. The molecule has 0 amide bonds. The lowest BCUT2D eigenvalue weighted by molar-refractivity contribution is -0.142. The minimum Gasteiger partial charge on any atom is -0.480 e.